The third-order valence-electron chi connectivity index (χ3n) is 2.92. The lowest BCUT2D eigenvalue weighted by atomic mass is 10.1. The third-order valence-corrected chi connectivity index (χ3v) is 2.92. The number of aliphatic hydroxyl groups is 1. The number of hydrogen-bond acceptors (Lipinski definition) is 4. The summed E-state index contributed by atoms with van der Waals surface area (Å²) in [5.41, 5.74) is 0.933. The molecule has 1 aromatic rings. The van der Waals surface area contributed by atoms with E-state index < -0.39 is 6.10 Å². The molecule has 0 aromatic heterocycles. The Bertz CT molecular complexity index is 433. The minimum atomic E-state index is -0.670. The number of phenols is 1. The van der Waals surface area contributed by atoms with Gasteiger partial charge in [-0.15, -0.1) is 0 Å². The molecule has 1 aliphatic rings. The number of hydrogen-bond donors (Lipinski definition) is 3. The van der Waals surface area contributed by atoms with Crippen molar-refractivity contribution in [3.8, 4) is 5.75 Å². The number of rotatable bonds is 2. The van der Waals surface area contributed by atoms with Gasteiger partial charge in [0.15, 0.2) is 0 Å². The number of carbonyl (C=O) groups excluding carboxylic acids is 1. The van der Waals surface area contributed by atoms with Gasteiger partial charge in [-0.1, -0.05) is 6.07 Å². The maximum absolute atomic E-state index is 11.9. The van der Waals surface area contributed by atoms with Gasteiger partial charge in [0, 0.05) is 11.1 Å². The molecule has 1 fully saturated rings. The molecule has 17 heavy (non-hydrogen) atoms. The van der Waals surface area contributed by atoms with Crippen LogP contribution in [0, 0.1) is 6.92 Å². The molecule has 2 rings (SSSR count). The Kier molecular flexibility index (Phi) is 3.31. The Hall–Kier alpha value is -1.59. The van der Waals surface area contributed by atoms with E-state index >= 15 is 0 Å². The van der Waals surface area contributed by atoms with Crippen molar-refractivity contribution < 1.29 is 19.7 Å². The molecular formula is C12H15NO4. The van der Waals surface area contributed by atoms with Gasteiger partial charge in [-0.05, 0) is 19.1 Å². The molecule has 0 radical (unpaired) electrons. The number of phenolic OH excluding ortho intramolecular Hbond substituents is 1. The van der Waals surface area contributed by atoms with Crippen LogP contribution in [0.1, 0.15) is 15.9 Å². The first-order valence-corrected chi connectivity index (χ1v) is 5.45. The standard InChI is InChI=1S/C12H15NO4/c1-7-8(3-2-4-10(7)14)12(16)13-9-5-17-6-11(9)15/h2-4,9,11,14-15H,5-6H2,1H3,(H,13,16)/t9?,11-/m1/s1. The topological polar surface area (TPSA) is 78.8 Å². The van der Waals surface area contributed by atoms with E-state index in [4.69, 9.17) is 4.74 Å². The number of ether oxygens (including phenoxy) is 1. The molecule has 1 aliphatic heterocycles. The van der Waals surface area contributed by atoms with Gasteiger partial charge in [0.1, 0.15) is 5.75 Å². The molecule has 1 aromatic carbocycles. The van der Waals surface area contributed by atoms with E-state index in [2.05, 4.69) is 5.32 Å². The third kappa shape index (κ3) is 2.40. The van der Waals surface area contributed by atoms with Gasteiger partial charge in [-0.25, -0.2) is 0 Å². The van der Waals surface area contributed by atoms with Crippen LogP contribution in [0.3, 0.4) is 0 Å². The van der Waals surface area contributed by atoms with Gasteiger partial charge in [0.05, 0.1) is 25.4 Å². The zero-order valence-electron chi connectivity index (χ0n) is 9.51. The van der Waals surface area contributed by atoms with Crippen LogP contribution in [-0.2, 0) is 4.74 Å². The van der Waals surface area contributed by atoms with E-state index in [0.717, 1.165) is 0 Å². The molecule has 1 unspecified atom stereocenters. The van der Waals surface area contributed by atoms with Crippen LogP contribution < -0.4 is 5.32 Å². The van der Waals surface area contributed by atoms with Crippen molar-refractivity contribution in [2.24, 2.45) is 0 Å². The fourth-order valence-electron chi connectivity index (χ4n) is 1.80. The van der Waals surface area contributed by atoms with E-state index in [0.29, 0.717) is 17.7 Å². The van der Waals surface area contributed by atoms with Crippen LogP contribution in [0.4, 0.5) is 0 Å². The first-order valence-electron chi connectivity index (χ1n) is 5.45. The summed E-state index contributed by atoms with van der Waals surface area (Å²) in [7, 11) is 0. The Morgan fingerprint density at radius 1 is 1.47 bits per heavy atom. The van der Waals surface area contributed by atoms with E-state index in [1.54, 1.807) is 19.1 Å². The molecule has 1 amide bonds. The Labute approximate surface area is 99.0 Å². The van der Waals surface area contributed by atoms with Gasteiger partial charge >= 0.3 is 0 Å². The molecule has 0 spiro atoms. The highest BCUT2D eigenvalue weighted by Gasteiger charge is 2.28. The monoisotopic (exact) mass is 237 g/mol. The van der Waals surface area contributed by atoms with Crippen molar-refractivity contribution >= 4 is 5.91 Å². The van der Waals surface area contributed by atoms with Crippen LogP contribution in [0.15, 0.2) is 18.2 Å². The quantitative estimate of drug-likeness (QED) is 0.686. The van der Waals surface area contributed by atoms with Gasteiger partial charge in [0.2, 0.25) is 0 Å². The molecule has 2 atom stereocenters. The minimum Gasteiger partial charge on any atom is -0.508 e. The van der Waals surface area contributed by atoms with Crippen LogP contribution in [0.5, 0.6) is 5.75 Å². The first kappa shape index (κ1) is 11.9. The zero-order chi connectivity index (χ0) is 12.4. The van der Waals surface area contributed by atoms with Crippen LogP contribution in [-0.4, -0.2) is 41.5 Å². The highest BCUT2D eigenvalue weighted by Crippen LogP contribution is 2.19. The highest BCUT2D eigenvalue weighted by atomic mass is 16.5. The number of carbonyl (C=O) groups is 1. The second-order valence-corrected chi connectivity index (χ2v) is 4.13. The minimum absolute atomic E-state index is 0.0841. The number of nitrogens with one attached hydrogen (secondary N) is 1. The predicted octanol–water partition coefficient (Wildman–Crippen LogP) is 0.190. The maximum atomic E-state index is 11.9. The molecule has 3 N–H and O–H groups in total. The van der Waals surface area contributed by atoms with E-state index in [1.807, 2.05) is 0 Å². The smallest absolute Gasteiger partial charge is 0.252 e. The summed E-state index contributed by atoms with van der Waals surface area (Å²) < 4.78 is 5.05. The number of amides is 1. The van der Waals surface area contributed by atoms with Crippen molar-refractivity contribution in [2.75, 3.05) is 13.2 Å². The molecule has 5 nitrogen and oxygen atoms in total. The Morgan fingerprint density at radius 2 is 2.24 bits per heavy atom. The molecule has 92 valence electrons. The molecule has 0 aliphatic carbocycles. The summed E-state index contributed by atoms with van der Waals surface area (Å²) in [4.78, 5) is 11.9. The van der Waals surface area contributed by atoms with Crippen LogP contribution >= 0.6 is 0 Å². The zero-order valence-corrected chi connectivity index (χ0v) is 9.51. The fraction of sp³-hybridized carbons (Fsp3) is 0.417. The van der Waals surface area contributed by atoms with Crippen LogP contribution in [0.2, 0.25) is 0 Å². The van der Waals surface area contributed by atoms with E-state index in [1.165, 1.54) is 6.07 Å². The molecule has 1 heterocycles. The lowest BCUT2D eigenvalue weighted by molar-refractivity contribution is 0.0885. The largest absolute Gasteiger partial charge is 0.508 e. The lowest BCUT2D eigenvalue weighted by Crippen LogP contribution is -2.42. The second kappa shape index (κ2) is 4.73. The average molecular weight is 237 g/mol. The Morgan fingerprint density at radius 3 is 2.88 bits per heavy atom. The van der Waals surface area contributed by atoms with E-state index in [9.17, 15) is 15.0 Å². The molecule has 5 heteroatoms. The summed E-state index contributed by atoms with van der Waals surface area (Å²) in [5.74, 6) is -0.228. The summed E-state index contributed by atoms with van der Waals surface area (Å²) in [5, 5.41) is 21.7. The first-order chi connectivity index (χ1) is 8.09. The second-order valence-electron chi connectivity index (χ2n) is 4.13. The van der Waals surface area contributed by atoms with Crippen LogP contribution in [0.25, 0.3) is 0 Å². The maximum Gasteiger partial charge on any atom is 0.252 e. The molecule has 0 bridgehead atoms. The van der Waals surface area contributed by atoms with Gasteiger partial charge < -0.3 is 20.3 Å². The molecular weight excluding hydrogens is 222 g/mol. The fourth-order valence-corrected chi connectivity index (χ4v) is 1.80. The average Bonchev–Trinajstić information content (AvgIpc) is 2.68. The lowest BCUT2D eigenvalue weighted by Gasteiger charge is -2.15. The van der Waals surface area contributed by atoms with Gasteiger partial charge in [0.25, 0.3) is 5.91 Å². The summed E-state index contributed by atoms with van der Waals surface area (Å²) in [6.45, 7) is 2.22. The van der Waals surface area contributed by atoms with Crippen molar-refractivity contribution in [2.45, 2.75) is 19.1 Å². The molecule has 0 saturated carbocycles. The van der Waals surface area contributed by atoms with Crippen molar-refractivity contribution in [3.05, 3.63) is 29.3 Å². The number of aliphatic hydroxyl groups excluding tert-OH is 1. The predicted molar refractivity (Wildman–Crippen MR) is 60.9 cm³/mol. The van der Waals surface area contributed by atoms with Gasteiger partial charge in [-0.3, -0.25) is 4.79 Å². The van der Waals surface area contributed by atoms with Crippen molar-refractivity contribution in [3.63, 3.8) is 0 Å². The Balaban J connectivity index is 2.12. The van der Waals surface area contributed by atoms with Gasteiger partial charge in [-0.2, -0.15) is 0 Å². The highest BCUT2D eigenvalue weighted by molar-refractivity contribution is 5.96. The number of benzene rings is 1. The summed E-state index contributed by atoms with van der Waals surface area (Å²) in [6.07, 6.45) is -0.670. The summed E-state index contributed by atoms with van der Waals surface area (Å²) in [6, 6.07) is 4.38. The normalized spacial score (nSPS) is 23.6. The van der Waals surface area contributed by atoms with Crippen molar-refractivity contribution in [1.29, 1.82) is 0 Å². The van der Waals surface area contributed by atoms with Crippen molar-refractivity contribution in [1.82, 2.24) is 5.32 Å². The molecule has 1 saturated heterocycles. The SMILES string of the molecule is Cc1c(O)cccc1C(=O)NC1COC[C@H]1O. The number of aromatic hydroxyl groups is 1. The summed E-state index contributed by atoms with van der Waals surface area (Å²) >= 11 is 0. The van der Waals surface area contributed by atoms with E-state index in [-0.39, 0.29) is 24.3 Å².